The first-order chi connectivity index (χ1) is 17.9. The van der Waals surface area contributed by atoms with Gasteiger partial charge in [-0.15, -0.1) is 0 Å². The van der Waals surface area contributed by atoms with E-state index < -0.39 is 24.0 Å². The smallest absolute Gasteiger partial charge is 0.330 e. The predicted molar refractivity (Wildman–Crippen MR) is 142 cm³/mol. The van der Waals surface area contributed by atoms with Crippen molar-refractivity contribution in [1.29, 1.82) is 0 Å². The summed E-state index contributed by atoms with van der Waals surface area (Å²) in [6, 6.07) is 23.1. The molecule has 4 aromatic rings. The van der Waals surface area contributed by atoms with Gasteiger partial charge in [0.15, 0.2) is 0 Å². The highest BCUT2D eigenvalue weighted by atomic mass is 16.2. The molecule has 1 aliphatic rings. The van der Waals surface area contributed by atoms with E-state index in [9.17, 15) is 14.4 Å². The van der Waals surface area contributed by atoms with Gasteiger partial charge in [0.2, 0.25) is 0 Å². The second kappa shape index (κ2) is 9.81. The number of primary amides is 1. The Morgan fingerprint density at radius 1 is 0.973 bits per heavy atom. The van der Waals surface area contributed by atoms with Gasteiger partial charge in [0.25, 0.3) is 11.8 Å². The van der Waals surface area contributed by atoms with Gasteiger partial charge in [-0.2, -0.15) is 0 Å². The van der Waals surface area contributed by atoms with E-state index >= 15 is 0 Å². The molecule has 4 amide bonds. The highest BCUT2D eigenvalue weighted by molar-refractivity contribution is 6.04. The van der Waals surface area contributed by atoms with Crippen LogP contribution in [0.5, 0.6) is 0 Å². The quantitative estimate of drug-likeness (QED) is 0.295. The molecular weight excluding hydrogens is 466 g/mol. The largest absolute Gasteiger partial charge is 0.354 e. The molecule has 0 aliphatic carbocycles. The summed E-state index contributed by atoms with van der Waals surface area (Å²) in [5.74, 6) is -0.939. The van der Waals surface area contributed by atoms with Crippen LogP contribution in [0.3, 0.4) is 0 Å². The van der Waals surface area contributed by atoms with E-state index in [0.29, 0.717) is 12.0 Å². The number of para-hydroxylation sites is 1. The highest BCUT2D eigenvalue weighted by Crippen LogP contribution is 2.47. The van der Waals surface area contributed by atoms with E-state index in [-0.39, 0.29) is 11.8 Å². The third-order valence-electron chi connectivity index (χ3n) is 7.14. The van der Waals surface area contributed by atoms with Gasteiger partial charge in [-0.05, 0) is 29.2 Å². The summed E-state index contributed by atoms with van der Waals surface area (Å²) >= 11 is 0. The van der Waals surface area contributed by atoms with Crippen molar-refractivity contribution in [2.24, 2.45) is 11.7 Å². The van der Waals surface area contributed by atoms with Crippen molar-refractivity contribution in [1.82, 2.24) is 20.7 Å². The van der Waals surface area contributed by atoms with Crippen molar-refractivity contribution in [2.75, 3.05) is 0 Å². The lowest BCUT2D eigenvalue weighted by Gasteiger charge is -2.36. The number of nitrogens with one attached hydrogen (secondary N) is 3. The zero-order chi connectivity index (χ0) is 26.1. The lowest BCUT2D eigenvalue weighted by atomic mass is 9.90. The van der Waals surface area contributed by atoms with E-state index in [1.807, 2.05) is 86.6 Å². The van der Waals surface area contributed by atoms with Gasteiger partial charge in [-0.1, -0.05) is 87.0 Å². The highest BCUT2D eigenvalue weighted by Gasteiger charge is 2.47. The summed E-state index contributed by atoms with van der Waals surface area (Å²) < 4.78 is 0. The molecule has 37 heavy (non-hydrogen) atoms. The number of aromatic nitrogens is 1. The minimum absolute atomic E-state index is 0.208. The standard InChI is InChI=1S/C29H29N5O3/c1-3-17(2)25(27(35)32-33-29(30)37)34-26(19-13-7-8-14-20(19)28(34)36)23-21-15-9-10-16-22(21)31-24(23)18-11-5-4-6-12-18/h4-17,25-26,31H,3H2,1-2H3,(H,32,35)(H3,30,33,37). The molecule has 5 rings (SSSR count). The number of urea groups is 1. The maximum Gasteiger partial charge on any atom is 0.330 e. The second-order valence-electron chi connectivity index (χ2n) is 9.34. The molecule has 8 heteroatoms. The molecule has 3 aromatic carbocycles. The third-order valence-corrected chi connectivity index (χ3v) is 7.14. The van der Waals surface area contributed by atoms with Gasteiger partial charge in [0.05, 0.1) is 11.7 Å². The molecule has 3 atom stereocenters. The van der Waals surface area contributed by atoms with Crippen LogP contribution in [0.15, 0.2) is 78.9 Å². The Morgan fingerprint density at radius 2 is 1.65 bits per heavy atom. The SMILES string of the molecule is CCC(C)C(C(=O)NNC(N)=O)N1C(=O)c2ccccc2C1c1c(-c2ccccc2)[nH]c2ccccc12. The number of hydrogen-bond acceptors (Lipinski definition) is 3. The fourth-order valence-electron chi connectivity index (χ4n) is 5.28. The van der Waals surface area contributed by atoms with E-state index in [1.165, 1.54) is 0 Å². The number of carbonyl (C=O) groups is 3. The number of hydrogen-bond donors (Lipinski definition) is 4. The first-order valence-corrected chi connectivity index (χ1v) is 12.3. The summed E-state index contributed by atoms with van der Waals surface area (Å²) in [6.07, 6.45) is 0.640. The Hall–Kier alpha value is -4.59. The fourth-order valence-corrected chi connectivity index (χ4v) is 5.28. The normalized spacial score (nSPS) is 16.3. The monoisotopic (exact) mass is 495 g/mol. The van der Waals surface area contributed by atoms with Crippen molar-refractivity contribution < 1.29 is 14.4 Å². The van der Waals surface area contributed by atoms with Crippen molar-refractivity contribution in [3.05, 3.63) is 95.6 Å². The molecule has 2 heterocycles. The second-order valence-corrected chi connectivity index (χ2v) is 9.34. The number of aromatic amines is 1. The molecule has 0 saturated heterocycles. The minimum atomic E-state index is -0.883. The van der Waals surface area contributed by atoms with Crippen LogP contribution in [0.4, 0.5) is 4.79 Å². The van der Waals surface area contributed by atoms with Crippen LogP contribution in [0.25, 0.3) is 22.2 Å². The Kier molecular flexibility index (Phi) is 6.40. The van der Waals surface area contributed by atoms with Crippen molar-refractivity contribution >= 4 is 28.7 Å². The van der Waals surface area contributed by atoms with Crippen molar-refractivity contribution in [3.63, 3.8) is 0 Å². The van der Waals surface area contributed by atoms with Crippen LogP contribution in [-0.2, 0) is 4.79 Å². The van der Waals surface area contributed by atoms with Crippen LogP contribution >= 0.6 is 0 Å². The number of H-pyrrole nitrogens is 1. The molecule has 0 spiro atoms. The molecule has 8 nitrogen and oxygen atoms in total. The predicted octanol–water partition coefficient (Wildman–Crippen LogP) is 4.49. The zero-order valence-electron chi connectivity index (χ0n) is 20.7. The number of carbonyl (C=O) groups excluding carboxylic acids is 3. The van der Waals surface area contributed by atoms with Crippen LogP contribution in [0.1, 0.15) is 47.8 Å². The Balaban J connectivity index is 1.76. The van der Waals surface area contributed by atoms with E-state index in [0.717, 1.165) is 33.3 Å². The topological polar surface area (TPSA) is 120 Å². The first kappa shape index (κ1) is 24.1. The van der Waals surface area contributed by atoms with Crippen LogP contribution in [-0.4, -0.2) is 33.8 Å². The molecule has 0 fully saturated rings. The maximum atomic E-state index is 14.0. The molecular formula is C29H29N5O3. The molecule has 3 unspecified atom stereocenters. The summed E-state index contributed by atoms with van der Waals surface area (Å²) in [5, 5.41) is 0.972. The van der Waals surface area contributed by atoms with E-state index in [2.05, 4.69) is 15.8 Å². The van der Waals surface area contributed by atoms with Gasteiger partial charge >= 0.3 is 6.03 Å². The first-order valence-electron chi connectivity index (χ1n) is 12.3. The van der Waals surface area contributed by atoms with Crippen LogP contribution < -0.4 is 16.6 Å². The average molecular weight is 496 g/mol. The summed E-state index contributed by atoms with van der Waals surface area (Å²) in [7, 11) is 0. The molecule has 0 radical (unpaired) electrons. The third kappa shape index (κ3) is 4.20. The molecule has 0 saturated carbocycles. The van der Waals surface area contributed by atoms with E-state index in [1.54, 1.807) is 11.0 Å². The van der Waals surface area contributed by atoms with Crippen LogP contribution in [0, 0.1) is 5.92 Å². The number of benzene rings is 3. The molecule has 5 N–H and O–H groups in total. The fraction of sp³-hybridized carbons (Fsp3) is 0.207. The van der Waals surface area contributed by atoms with Gasteiger partial charge in [0, 0.05) is 22.0 Å². The minimum Gasteiger partial charge on any atom is -0.354 e. The van der Waals surface area contributed by atoms with Gasteiger partial charge in [-0.3, -0.25) is 15.0 Å². The number of fused-ring (bicyclic) bond motifs is 2. The number of nitrogens with zero attached hydrogens (tertiary/aromatic N) is 1. The van der Waals surface area contributed by atoms with Gasteiger partial charge < -0.3 is 15.6 Å². The summed E-state index contributed by atoms with van der Waals surface area (Å²) in [5.41, 5.74) is 14.9. The zero-order valence-corrected chi connectivity index (χ0v) is 20.7. The van der Waals surface area contributed by atoms with Gasteiger partial charge in [-0.25, -0.2) is 10.2 Å². The summed E-state index contributed by atoms with van der Waals surface area (Å²) in [4.78, 5) is 44.1. The van der Waals surface area contributed by atoms with Crippen molar-refractivity contribution in [2.45, 2.75) is 32.4 Å². The number of amides is 4. The lowest BCUT2D eigenvalue weighted by Crippen LogP contribution is -2.56. The average Bonchev–Trinajstić information content (AvgIpc) is 3.43. The Bertz CT molecular complexity index is 1480. The molecule has 188 valence electrons. The number of hydrazine groups is 1. The molecule has 1 aliphatic heterocycles. The van der Waals surface area contributed by atoms with Crippen molar-refractivity contribution in [3.8, 4) is 11.3 Å². The number of nitrogens with two attached hydrogens (primary N) is 1. The molecule has 1 aromatic heterocycles. The summed E-state index contributed by atoms with van der Waals surface area (Å²) in [6.45, 7) is 3.89. The lowest BCUT2D eigenvalue weighted by molar-refractivity contribution is -0.128. The molecule has 0 bridgehead atoms. The Morgan fingerprint density at radius 3 is 2.38 bits per heavy atom. The van der Waals surface area contributed by atoms with E-state index in [4.69, 9.17) is 5.73 Å². The van der Waals surface area contributed by atoms with Gasteiger partial charge in [0.1, 0.15) is 6.04 Å². The Labute approximate surface area is 214 Å². The maximum absolute atomic E-state index is 14.0. The van der Waals surface area contributed by atoms with Crippen LogP contribution in [0.2, 0.25) is 0 Å². The number of rotatable bonds is 6.